The molecule has 0 aliphatic heterocycles. The SMILES string of the molecule is CCC(CO)NC(=O)c1ccc(-n2cccc2)cc1. The van der Waals surface area contributed by atoms with Crippen molar-refractivity contribution in [2.24, 2.45) is 0 Å². The van der Waals surface area contributed by atoms with E-state index in [1.165, 1.54) is 0 Å². The number of carbonyl (C=O) groups excluding carboxylic acids is 1. The number of aromatic nitrogens is 1. The highest BCUT2D eigenvalue weighted by Gasteiger charge is 2.11. The fourth-order valence-electron chi connectivity index (χ4n) is 1.84. The van der Waals surface area contributed by atoms with E-state index in [1.54, 1.807) is 12.1 Å². The standard InChI is InChI=1S/C15H18N2O2/c1-2-13(11-18)16-15(19)12-5-7-14(8-6-12)17-9-3-4-10-17/h3-10,13,18H,2,11H2,1H3,(H,16,19). The molecule has 2 aromatic rings. The Balaban J connectivity index is 2.08. The van der Waals surface area contributed by atoms with Crippen LogP contribution in [0, 0.1) is 0 Å². The van der Waals surface area contributed by atoms with E-state index < -0.39 is 0 Å². The normalized spacial score (nSPS) is 12.1. The second-order valence-corrected chi connectivity index (χ2v) is 4.40. The van der Waals surface area contributed by atoms with Crippen LogP contribution in [0.2, 0.25) is 0 Å². The maximum Gasteiger partial charge on any atom is 0.251 e. The fraction of sp³-hybridized carbons (Fsp3) is 0.267. The van der Waals surface area contributed by atoms with Crippen molar-refractivity contribution in [3.63, 3.8) is 0 Å². The molecule has 1 atom stereocenters. The molecule has 100 valence electrons. The molecular formula is C15H18N2O2. The second-order valence-electron chi connectivity index (χ2n) is 4.40. The minimum absolute atomic E-state index is 0.0380. The van der Waals surface area contributed by atoms with Crippen LogP contribution in [0.15, 0.2) is 48.8 Å². The third kappa shape index (κ3) is 3.23. The minimum Gasteiger partial charge on any atom is -0.394 e. The first-order valence-corrected chi connectivity index (χ1v) is 6.39. The average Bonchev–Trinajstić information content (AvgIpc) is 2.99. The van der Waals surface area contributed by atoms with E-state index in [0.29, 0.717) is 12.0 Å². The zero-order valence-electron chi connectivity index (χ0n) is 10.9. The Labute approximate surface area is 112 Å². The Hall–Kier alpha value is -2.07. The quantitative estimate of drug-likeness (QED) is 0.861. The molecule has 0 bridgehead atoms. The highest BCUT2D eigenvalue weighted by Crippen LogP contribution is 2.10. The predicted octanol–water partition coefficient (Wildman–Crippen LogP) is 1.98. The van der Waals surface area contributed by atoms with Crippen molar-refractivity contribution in [3.8, 4) is 5.69 Å². The molecule has 1 aromatic heterocycles. The van der Waals surface area contributed by atoms with E-state index in [4.69, 9.17) is 5.11 Å². The Bertz CT molecular complexity index is 514. The molecule has 0 fully saturated rings. The van der Waals surface area contributed by atoms with Gasteiger partial charge in [-0.25, -0.2) is 0 Å². The molecule has 0 saturated carbocycles. The van der Waals surface area contributed by atoms with Gasteiger partial charge in [0, 0.05) is 23.6 Å². The van der Waals surface area contributed by atoms with E-state index >= 15 is 0 Å². The van der Waals surface area contributed by atoms with Crippen LogP contribution in [0.5, 0.6) is 0 Å². The molecule has 0 radical (unpaired) electrons. The van der Waals surface area contributed by atoms with Crippen molar-refractivity contribution in [3.05, 3.63) is 54.4 Å². The van der Waals surface area contributed by atoms with Gasteiger partial charge in [0.2, 0.25) is 0 Å². The zero-order chi connectivity index (χ0) is 13.7. The van der Waals surface area contributed by atoms with Crippen molar-refractivity contribution in [2.45, 2.75) is 19.4 Å². The summed E-state index contributed by atoms with van der Waals surface area (Å²) in [5, 5.41) is 11.9. The fourth-order valence-corrected chi connectivity index (χ4v) is 1.84. The second kappa shape index (κ2) is 6.20. The number of nitrogens with one attached hydrogen (secondary N) is 1. The van der Waals surface area contributed by atoms with Gasteiger partial charge in [-0.1, -0.05) is 6.92 Å². The first-order valence-electron chi connectivity index (χ1n) is 6.39. The van der Waals surface area contributed by atoms with Gasteiger partial charge in [-0.2, -0.15) is 0 Å². The molecule has 0 aliphatic carbocycles. The molecule has 0 saturated heterocycles. The molecule has 1 aromatic carbocycles. The Morgan fingerprint density at radius 2 is 1.89 bits per heavy atom. The highest BCUT2D eigenvalue weighted by atomic mass is 16.3. The summed E-state index contributed by atoms with van der Waals surface area (Å²) in [5.41, 5.74) is 1.61. The maximum atomic E-state index is 11.9. The molecule has 0 spiro atoms. The number of rotatable bonds is 5. The van der Waals surface area contributed by atoms with Crippen LogP contribution in [0.4, 0.5) is 0 Å². The number of hydrogen-bond donors (Lipinski definition) is 2. The lowest BCUT2D eigenvalue weighted by Crippen LogP contribution is -2.36. The van der Waals surface area contributed by atoms with Gasteiger partial charge in [0.15, 0.2) is 0 Å². The summed E-state index contributed by atoms with van der Waals surface area (Å²) >= 11 is 0. The summed E-state index contributed by atoms with van der Waals surface area (Å²) in [4.78, 5) is 11.9. The molecule has 1 unspecified atom stereocenters. The average molecular weight is 258 g/mol. The summed E-state index contributed by atoms with van der Waals surface area (Å²) < 4.78 is 1.98. The Kier molecular flexibility index (Phi) is 4.36. The van der Waals surface area contributed by atoms with Crippen LogP contribution in [-0.2, 0) is 0 Å². The van der Waals surface area contributed by atoms with Crippen molar-refractivity contribution >= 4 is 5.91 Å². The van der Waals surface area contributed by atoms with Gasteiger partial charge in [-0.3, -0.25) is 4.79 Å². The number of aliphatic hydroxyl groups excluding tert-OH is 1. The predicted molar refractivity (Wildman–Crippen MR) is 74.4 cm³/mol. The molecule has 19 heavy (non-hydrogen) atoms. The van der Waals surface area contributed by atoms with Gasteiger partial charge >= 0.3 is 0 Å². The van der Waals surface area contributed by atoms with Crippen molar-refractivity contribution in [1.29, 1.82) is 0 Å². The van der Waals surface area contributed by atoms with Gasteiger partial charge in [0.25, 0.3) is 5.91 Å². The summed E-state index contributed by atoms with van der Waals surface area (Å²) in [7, 11) is 0. The smallest absolute Gasteiger partial charge is 0.251 e. The molecule has 2 rings (SSSR count). The van der Waals surface area contributed by atoms with Gasteiger partial charge in [0.1, 0.15) is 0 Å². The first-order chi connectivity index (χ1) is 9.24. The van der Waals surface area contributed by atoms with Crippen molar-refractivity contribution < 1.29 is 9.90 Å². The summed E-state index contributed by atoms with van der Waals surface area (Å²) in [6, 6.07) is 11.1. The maximum absolute atomic E-state index is 11.9. The number of nitrogens with zero attached hydrogens (tertiary/aromatic N) is 1. The van der Waals surface area contributed by atoms with Crippen LogP contribution in [0.25, 0.3) is 5.69 Å². The van der Waals surface area contributed by atoms with Crippen LogP contribution >= 0.6 is 0 Å². The molecule has 1 amide bonds. The molecule has 1 heterocycles. The third-order valence-electron chi connectivity index (χ3n) is 3.08. The Morgan fingerprint density at radius 1 is 1.26 bits per heavy atom. The van der Waals surface area contributed by atoms with Gasteiger partial charge in [-0.05, 0) is 42.8 Å². The number of carbonyl (C=O) groups is 1. The molecule has 4 heteroatoms. The van der Waals surface area contributed by atoms with Crippen molar-refractivity contribution in [1.82, 2.24) is 9.88 Å². The number of benzene rings is 1. The Morgan fingerprint density at radius 3 is 2.42 bits per heavy atom. The largest absolute Gasteiger partial charge is 0.394 e. The molecular weight excluding hydrogens is 240 g/mol. The van der Waals surface area contributed by atoms with Crippen LogP contribution < -0.4 is 5.32 Å². The number of amides is 1. The van der Waals surface area contributed by atoms with Gasteiger partial charge in [-0.15, -0.1) is 0 Å². The number of hydrogen-bond acceptors (Lipinski definition) is 2. The third-order valence-corrected chi connectivity index (χ3v) is 3.08. The molecule has 2 N–H and O–H groups in total. The van der Waals surface area contributed by atoms with E-state index in [-0.39, 0.29) is 18.6 Å². The van der Waals surface area contributed by atoms with E-state index in [1.807, 2.05) is 48.1 Å². The van der Waals surface area contributed by atoms with E-state index in [2.05, 4.69) is 5.32 Å². The highest BCUT2D eigenvalue weighted by molar-refractivity contribution is 5.94. The summed E-state index contributed by atoms with van der Waals surface area (Å²) in [6.45, 7) is 1.89. The molecule has 0 aliphatic rings. The van der Waals surface area contributed by atoms with Crippen LogP contribution in [0.3, 0.4) is 0 Å². The lowest BCUT2D eigenvalue weighted by atomic mass is 10.1. The van der Waals surface area contributed by atoms with Crippen molar-refractivity contribution in [2.75, 3.05) is 6.61 Å². The number of aliphatic hydroxyl groups is 1. The first kappa shape index (κ1) is 13.4. The topological polar surface area (TPSA) is 54.3 Å². The lowest BCUT2D eigenvalue weighted by Gasteiger charge is -2.14. The van der Waals surface area contributed by atoms with Gasteiger partial charge in [0.05, 0.1) is 12.6 Å². The molecule has 4 nitrogen and oxygen atoms in total. The zero-order valence-corrected chi connectivity index (χ0v) is 10.9. The summed E-state index contributed by atoms with van der Waals surface area (Å²) in [5.74, 6) is -0.153. The summed E-state index contributed by atoms with van der Waals surface area (Å²) in [6.07, 6.45) is 4.62. The van der Waals surface area contributed by atoms with E-state index in [0.717, 1.165) is 5.69 Å². The van der Waals surface area contributed by atoms with Gasteiger partial charge < -0.3 is 15.0 Å². The van der Waals surface area contributed by atoms with E-state index in [9.17, 15) is 4.79 Å². The van der Waals surface area contributed by atoms with Crippen LogP contribution in [0.1, 0.15) is 23.7 Å². The minimum atomic E-state index is -0.184. The lowest BCUT2D eigenvalue weighted by molar-refractivity contribution is 0.0915. The van der Waals surface area contributed by atoms with Crippen LogP contribution in [-0.4, -0.2) is 28.2 Å². The monoisotopic (exact) mass is 258 g/mol.